The predicted molar refractivity (Wildman–Crippen MR) is 94.6 cm³/mol. The van der Waals surface area contributed by atoms with Crippen LogP contribution in [0.1, 0.15) is 42.6 Å². The van der Waals surface area contributed by atoms with Crippen molar-refractivity contribution in [1.82, 2.24) is 20.0 Å². The number of carbonyl (C=O) groups is 1. The molecule has 3 aliphatic rings. The summed E-state index contributed by atoms with van der Waals surface area (Å²) in [5, 5.41) is 18.5. The minimum absolute atomic E-state index is 0.0351. The van der Waals surface area contributed by atoms with Gasteiger partial charge in [-0.25, -0.2) is 0 Å². The van der Waals surface area contributed by atoms with Crippen LogP contribution in [0.2, 0.25) is 0 Å². The highest BCUT2D eigenvalue weighted by atomic mass is 16.3. The number of aliphatic hydroxyl groups is 1. The second-order valence-electron chi connectivity index (χ2n) is 7.36. The maximum atomic E-state index is 12.7. The molecule has 1 aliphatic carbocycles. The van der Waals surface area contributed by atoms with E-state index in [1.807, 2.05) is 11.0 Å². The summed E-state index contributed by atoms with van der Waals surface area (Å²) in [6.07, 6.45) is 5.27. The molecule has 1 amide bonds. The number of aliphatic hydroxyl groups excluding tert-OH is 1. The maximum Gasteiger partial charge on any atom is 0.274 e. The van der Waals surface area contributed by atoms with Gasteiger partial charge in [0.1, 0.15) is 0 Å². The zero-order valence-corrected chi connectivity index (χ0v) is 14.7. The molecule has 3 fully saturated rings. The van der Waals surface area contributed by atoms with Crippen molar-refractivity contribution in [3.63, 3.8) is 0 Å². The van der Waals surface area contributed by atoms with Gasteiger partial charge in [-0.05, 0) is 44.2 Å². The van der Waals surface area contributed by atoms with Gasteiger partial charge in [-0.15, -0.1) is 10.2 Å². The molecule has 2 saturated heterocycles. The number of rotatable bonds is 3. The first kappa shape index (κ1) is 16.7. The van der Waals surface area contributed by atoms with E-state index >= 15 is 0 Å². The van der Waals surface area contributed by atoms with Crippen LogP contribution in [0.5, 0.6) is 0 Å². The minimum Gasteiger partial charge on any atom is -0.391 e. The molecule has 3 heterocycles. The number of hydrogen-bond donors (Lipinski definition) is 1. The first-order valence-electron chi connectivity index (χ1n) is 9.52. The topological polar surface area (TPSA) is 72.8 Å². The standard InChI is InChI=1S/C18H27N5O2/c24-16-5-3-4-15(16)21-10-12-23(13-11-21)18(25)14-6-7-17(20-19-14)22-8-1-2-9-22/h6-7,15-16,24H,1-5,8-13H2/t15-,16+/m1/s1. The third-order valence-corrected chi connectivity index (χ3v) is 5.81. The van der Waals surface area contributed by atoms with Gasteiger partial charge in [0.25, 0.3) is 5.91 Å². The van der Waals surface area contributed by atoms with E-state index in [1.165, 1.54) is 12.8 Å². The fraction of sp³-hybridized carbons (Fsp3) is 0.722. The summed E-state index contributed by atoms with van der Waals surface area (Å²) in [5.74, 6) is 0.834. The minimum atomic E-state index is -0.203. The SMILES string of the molecule is O=C(c1ccc(N2CCCC2)nn1)N1CCN([C@@H]2CCC[C@@H]2O)CC1. The molecule has 1 aromatic rings. The molecule has 4 rings (SSSR count). The fourth-order valence-electron chi connectivity index (χ4n) is 4.32. The van der Waals surface area contributed by atoms with Gasteiger partial charge in [-0.2, -0.15) is 0 Å². The van der Waals surface area contributed by atoms with E-state index in [2.05, 4.69) is 20.0 Å². The van der Waals surface area contributed by atoms with Gasteiger partial charge in [0.15, 0.2) is 11.5 Å². The Bertz CT molecular complexity index is 594. The molecule has 0 radical (unpaired) electrons. The molecular weight excluding hydrogens is 318 g/mol. The highest BCUT2D eigenvalue weighted by Crippen LogP contribution is 2.25. The van der Waals surface area contributed by atoms with Crippen LogP contribution in [0, 0.1) is 0 Å². The van der Waals surface area contributed by atoms with Crippen molar-refractivity contribution in [3.8, 4) is 0 Å². The number of piperazine rings is 1. The molecule has 7 nitrogen and oxygen atoms in total. The van der Waals surface area contributed by atoms with E-state index in [0.29, 0.717) is 18.8 Å². The van der Waals surface area contributed by atoms with Crippen molar-refractivity contribution in [1.29, 1.82) is 0 Å². The molecule has 0 spiro atoms. The zero-order chi connectivity index (χ0) is 17.2. The first-order chi connectivity index (χ1) is 12.2. The Kier molecular flexibility index (Phi) is 4.85. The highest BCUT2D eigenvalue weighted by molar-refractivity contribution is 5.92. The van der Waals surface area contributed by atoms with E-state index < -0.39 is 0 Å². The van der Waals surface area contributed by atoms with Gasteiger partial charge in [-0.3, -0.25) is 9.69 Å². The monoisotopic (exact) mass is 345 g/mol. The van der Waals surface area contributed by atoms with Crippen molar-refractivity contribution in [2.75, 3.05) is 44.2 Å². The number of amides is 1. The van der Waals surface area contributed by atoms with E-state index in [0.717, 1.165) is 51.3 Å². The van der Waals surface area contributed by atoms with Gasteiger partial charge in [0.05, 0.1) is 6.10 Å². The lowest BCUT2D eigenvalue weighted by Gasteiger charge is -2.38. The molecule has 1 N–H and O–H groups in total. The molecule has 2 atom stereocenters. The lowest BCUT2D eigenvalue weighted by Crippen LogP contribution is -2.53. The van der Waals surface area contributed by atoms with Crippen LogP contribution in [0.15, 0.2) is 12.1 Å². The molecule has 0 aromatic carbocycles. The Hall–Kier alpha value is -1.73. The van der Waals surface area contributed by atoms with Crippen LogP contribution in [0.25, 0.3) is 0 Å². The van der Waals surface area contributed by atoms with E-state index in [1.54, 1.807) is 6.07 Å². The lowest BCUT2D eigenvalue weighted by atomic mass is 10.1. The van der Waals surface area contributed by atoms with Crippen molar-refractivity contribution < 1.29 is 9.90 Å². The van der Waals surface area contributed by atoms with Crippen LogP contribution in [0.3, 0.4) is 0 Å². The Labute approximate surface area is 148 Å². The summed E-state index contributed by atoms with van der Waals surface area (Å²) in [5.41, 5.74) is 0.428. The van der Waals surface area contributed by atoms with E-state index in [-0.39, 0.29) is 18.1 Å². The highest BCUT2D eigenvalue weighted by Gasteiger charge is 2.33. The molecule has 1 saturated carbocycles. The molecule has 0 unspecified atom stereocenters. The van der Waals surface area contributed by atoms with Gasteiger partial charge in [0.2, 0.25) is 0 Å². The third-order valence-electron chi connectivity index (χ3n) is 5.81. The Morgan fingerprint density at radius 3 is 2.32 bits per heavy atom. The number of aromatic nitrogens is 2. The normalized spacial score (nSPS) is 27.9. The Balaban J connectivity index is 1.34. The van der Waals surface area contributed by atoms with Crippen LogP contribution >= 0.6 is 0 Å². The Morgan fingerprint density at radius 1 is 0.960 bits per heavy atom. The molecule has 1 aromatic heterocycles. The van der Waals surface area contributed by atoms with E-state index in [9.17, 15) is 9.90 Å². The van der Waals surface area contributed by atoms with Gasteiger partial charge in [0, 0.05) is 45.3 Å². The lowest BCUT2D eigenvalue weighted by molar-refractivity contribution is 0.0312. The van der Waals surface area contributed by atoms with Crippen LogP contribution in [0.4, 0.5) is 5.82 Å². The number of carbonyl (C=O) groups excluding carboxylic acids is 1. The third kappa shape index (κ3) is 3.48. The van der Waals surface area contributed by atoms with Crippen molar-refractivity contribution in [3.05, 3.63) is 17.8 Å². The second kappa shape index (κ2) is 7.25. The Morgan fingerprint density at radius 2 is 1.72 bits per heavy atom. The molecule has 2 aliphatic heterocycles. The number of nitrogens with zero attached hydrogens (tertiary/aromatic N) is 5. The molecule has 0 bridgehead atoms. The van der Waals surface area contributed by atoms with Crippen LogP contribution < -0.4 is 4.90 Å². The molecular formula is C18H27N5O2. The van der Waals surface area contributed by atoms with Crippen molar-refractivity contribution in [2.24, 2.45) is 0 Å². The second-order valence-corrected chi connectivity index (χ2v) is 7.36. The fourth-order valence-corrected chi connectivity index (χ4v) is 4.32. The summed E-state index contributed by atoms with van der Waals surface area (Å²) in [6.45, 7) is 5.09. The summed E-state index contributed by atoms with van der Waals surface area (Å²) in [7, 11) is 0. The largest absolute Gasteiger partial charge is 0.391 e. The quantitative estimate of drug-likeness (QED) is 0.871. The average molecular weight is 345 g/mol. The smallest absolute Gasteiger partial charge is 0.274 e. The summed E-state index contributed by atoms with van der Waals surface area (Å²) in [6, 6.07) is 3.99. The molecule has 136 valence electrons. The van der Waals surface area contributed by atoms with Crippen molar-refractivity contribution in [2.45, 2.75) is 44.2 Å². The molecule has 25 heavy (non-hydrogen) atoms. The van der Waals surface area contributed by atoms with Gasteiger partial charge < -0.3 is 14.9 Å². The number of hydrogen-bond acceptors (Lipinski definition) is 6. The van der Waals surface area contributed by atoms with Gasteiger partial charge in [-0.1, -0.05) is 0 Å². The summed E-state index contributed by atoms with van der Waals surface area (Å²) < 4.78 is 0. The first-order valence-corrected chi connectivity index (χ1v) is 9.52. The van der Waals surface area contributed by atoms with Crippen molar-refractivity contribution >= 4 is 11.7 Å². The summed E-state index contributed by atoms with van der Waals surface area (Å²) >= 11 is 0. The van der Waals surface area contributed by atoms with E-state index in [4.69, 9.17) is 0 Å². The number of anilines is 1. The van der Waals surface area contributed by atoms with Crippen LogP contribution in [-0.4, -0.2) is 82.4 Å². The molecule has 7 heteroatoms. The zero-order valence-electron chi connectivity index (χ0n) is 14.7. The summed E-state index contributed by atoms with van der Waals surface area (Å²) in [4.78, 5) is 19.1. The maximum absolute atomic E-state index is 12.7. The predicted octanol–water partition coefficient (Wildman–Crippen LogP) is 0.748. The van der Waals surface area contributed by atoms with Crippen LogP contribution in [-0.2, 0) is 0 Å². The average Bonchev–Trinajstić information content (AvgIpc) is 3.33. The van der Waals surface area contributed by atoms with Gasteiger partial charge >= 0.3 is 0 Å².